The van der Waals surface area contributed by atoms with Gasteiger partial charge in [-0.25, -0.2) is 9.97 Å². The van der Waals surface area contributed by atoms with Gasteiger partial charge in [0, 0.05) is 29.7 Å². The van der Waals surface area contributed by atoms with E-state index in [1.165, 1.54) is 24.9 Å². The van der Waals surface area contributed by atoms with Crippen LogP contribution < -0.4 is 0 Å². The lowest BCUT2D eigenvalue weighted by atomic mass is 10.1. The Labute approximate surface area is 137 Å². The summed E-state index contributed by atoms with van der Waals surface area (Å²) in [4.78, 5) is 11.6. The van der Waals surface area contributed by atoms with Crippen molar-refractivity contribution < 1.29 is 0 Å². The Balaban J connectivity index is 1.56. The summed E-state index contributed by atoms with van der Waals surface area (Å²) in [6, 6.07) is 17.7. The van der Waals surface area contributed by atoms with Crippen LogP contribution in [0.5, 0.6) is 0 Å². The van der Waals surface area contributed by atoms with Crippen LogP contribution in [0.4, 0.5) is 0 Å². The average Bonchev–Trinajstić information content (AvgIpc) is 3.00. The van der Waals surface area contributed by atoms with E-state index in [2.05, 4.69) is 58.2 Å². The van der Waals surface area contributed by atoms with Crippen molar-refractivity contribution >= 4 is 11.0 Å². The largest absolute Gasteiger partial charge is 0.296 e. The van der Waals surface area contributed by atoms with Gasteiger partial charge in [0.2, 0.25) is 0 Å². The average molecular weight is 303 g/mol. The van der Waals surface area contributed by atoms with Gasteiger partial charge in [0.15, 0.2) is 5.65 Å². The fourth-order valence-electron chi connectivity index (χ4n) is 3.36. The number of pyridine rings is 2. The van der Waals surface area contributed by atoms with Crippen molar-refractivity contribution in [3.8, 4) is 11.3 Å². The number of rotatable bonds is 3. The minimum absolute atomic E-state index is 0.711. The van der Waals surface area contributed by atoms with Gasteiger partial charge in [0.25, 0.3) is 0 Å². The Kier molecular flexibility index (Phi) is 3.80. The summed E-state index contributed by atoms with van der Waals surface area (Å²) in [7, 11) is 0. The van der Waals surface area contributed by atoms with Crippen molar-refractivity contribution in [2.24, 2.45) is 0 Å². The smallest absolute Gasteiger partial charge is 0.159 e. The molecule has 116 valence electrons. The Bertz CT molecular complexity index is 810. The number of hydrogen-bond donors (Lipinski definition) is 0. The number of fused-ring (bicyclic) bond motifs is 1. The predicted octanol–water partition coefficient (Wildman–Crippen LogP) is 4.28. The summed E-state index contributed by atoms with van der Waals surface area (Å²) in [5, 5.41) is 1.08. The highest BCUT2D eigenvalue weighted by molar-refractivity contribution is 5.77. The molecule has 0 spiro atoms. The molecule has 3 aromatic rings. The number of nitrogens with zero attached hydrogens (tertiary/aromatic N) is 3. The highest BCUT2D eigenvalue weighted by Crippen LogP contribution is 2.23. The molecule has 1 unspecified atom stereocenters. The van der Waals surface area contributed by atoms with E-state index < -0.39 is 0 Å². The van der Waals surface area contributed by atoms with Gasteiger partial charge in [-0.15, -0.1) is 0 Å². The molecule has 0 N–H and O–H groups in total. The van der Waals surface area contributed by atoms with Gasteiger partial charge in [-0.1, -0.05) is 24.3 Å². The molecule has 3 heterocycles. The minimum Gasteiger partial charge on any atom is -0.296 e. The van der Waals surface area contributed by atoms with Crippen LogP contribution in [0.2, 0.25) is 0 Å². The zero-order valence-electron chi connectivity index (χ0n) is 13.4. The molecule has 0 radical (unpaired) electrons. The van der Waals surface area contributed by atoms with Gasteiger partial charge < -0.3 is 0 Å². The summed E-state index contributed by atoms with van der Waals surface area (Å²) in [6.45, 7) is 4.60. The van der Waals surface area contributed by atoms with E-state index in [-0.39, 0.29) is 0 Å². The molecule has 3 nitrogen and oxygen atoms in total. The fourth-order valence-corrected chi connectivity index (χ4v) is 3.36. The number of benzene rings is 1. The van der Waals surface area contributed by atoms with E-state index in [0.29, 0.717) is 6.04 Å². The monoisotopic (exact) mass is 303 g/mol. The maximum atomic E-state index is 4.67. The summed E-state index contributed by atoms with van der Waals surface area (Å²) in [5.41, 5.74) is 4.31. The van der Waals surface area contributed by atoms with Gasteiger partial charge in [-0.2, -0.15) is 0 Å². The Morgan fingerprint density at radius 2 is 1.96 bits per heavy atom. The standard InChI is InChI=1S/C20H21N3/c1-15-4-3-13-23(15)14-16-6-8-17(9-7-16)19-11-10-18-5-2-12-21-20(18)22-19/h2,5-12,15H,3-4,13-14H2,1H3. The lowest BCUT2D eigenvalue weighted by Crippen LogP contribution is -2.26. The first kappa shape index (κ1) is 14.3. The lowest BCUT2D eigenvalue weighted by Gasteiger charge is -2.20. The number of hydrogen-bond acceptors (Lipinski definition) is 3. The molecule has 1 atom stereocenters. The van der Waals surface area contributed by atoms with Gasteiger partial charge >= 0.3 is 0 Å². The lowest BCUT2D eigenvalue weighted by molar-refractivity contribution is 0.260. The van der Waals surface area contributed by atoms with Crippen LogP contribution in [0.3, 0.4) is 0 Å². The SMILES string of the molecule is CC1CCCN1Cc1ccc(-c2ccc3cccnc3n2)cc1. The van der Waals surface area contributed by atoms with Crippen molar-refractivity contribution in [1.82, 2.24) is 14.9 Å². The molecule has 0 bridgehead atoms. The molecule has 3 heteroatoms. The first-order valence-corrected chi connectivity index (χ1v) is 8.35. The zero-order valence-corrected chi connectivity index (χ0v) is 13.4. The van der Waals surface area contributed by atoms with Crippen molar-refractivity contribution in [1.29, 1.82) is 0 Å². The van der Waals surface area contributed by atoms with Crippen LogP contribution in [-0.4, -0.2) is 27.5 Å². The molecule has 1 fully saturated rings. The van der Waals surface area contributed by atoms with E-state index in [4.69, 9.17) is 0 Å². The van der Waals surface area contributed by atoms with Crippen LogP contribution in [0.1, 0.15) is 25.3 Å². The Morgan fingerprint density at radius 1 is 1.09 bits per heavy atom. The van der Waals surface area contributed by atoms with Crippen molar-refractivity contribution in [2.75, 3.05) is 6.54 Å². The maximum Gasteiger partial charge on any atom is 0.159 e. The molecule has 1 aromatic carbocycles. The molecular formula is C20H21N3. The molecule has 1 aliphatic heterocycles. The third-order valence-electron chi connectivity index (χ3n) is 4.79. The van der Waals surface area contributed by atoms with E-state index in [1.807, 2.05) is 12.1 Å². The van der Waals surface area contributed by atoms with Gasteiger partial charge in [-0.05, 0) is 56.1 Å². The van der Waals surface area contributed by atoms with Gasteiger partial charge in [-0.3, -0.25) is 4.90 Å². The minimum atomic E-state index is 0.711. The van der Waals surface area contributed by atoms with Crippen molar-refractivity contribution in [3.05, 3.63) is 60.3 Å². The van der Waals surface area contributed by atoms with Crippen LogP contribution in [0.25, 0.3) is 22.3 Å². The molecule has 4 rings (SSSR count). The highest BCUT2D eigenvalue weighted by atomic mass is 15.2. The molecule has 0 saturated carbocycles. The first-order chi connectivity index (χ1) is 11.3. The summed E-state index contributed by atoms with van der Waals surface area (Å²) in [6.07, 6.45) is 4.44. The van der Waals surface area contributed by atoms with Crippen LogP contribution in [0.15, 0.2) is 54.7 Å². The molecule has 2 aromatic heterocycles. The highest BCUT2D eigenvalue weighted by Gasteiger charge is 2.19. The fraction of sp³-hybridized carbons (Fsp3) is 0.300. The summed E-state index contributed by atoms with van der Waals surface area (Å²) >= 11 is 0. The van der Waals surface area contributed by atoms with Gasteiger partial charge in [0.1, 0.15) is 0 Å². The molecular weight excluding hydrogens is 282 g/mol. The van der Waals surface area contributed by atoms with Crippen LogP contribution >= 0.6 is 0 Å². The molecule has 23 heavy (non-hydrogen) atoms. The van der Waals surface area contributed by atoms with E-state index >= 15 is 0 Å². The Morgan fingerprint density at radius 3 is 2.74 bits per heavy atom. The summed E-state index contributed by atoms with van der Waals surface area (Å²) < 4.78 is 0. The number of likely N-dealkylation sites (tertiary alicyclic amines) is 1. The van der Waals surface area contributed by atoms with Crippen molar-refractivity contribution in [2.45, 2.75) is 32.4 Å². The zero-order chi connectivity index (χ0) is 15.6. The van der Waals surface area contributed by atoms with E-state index in [1.54, 1.807) is 6.20 Å². The van der Waals surface area contributed by atoms with E-state index in [9.17, 15) is 0 Å². The first-order valence-electron chi connectivity index (χ1n) is 8.35. The second kappa shape index (κ2) is 6.09. The van der Waals surface area contributed by atoms with Crippen molar-refractivity contribution in [3.63, 3.8) is 0 Å². The second-order valence-corrected chi connectivity index (χ2v) is 6.41. The topological polar surface area (TPSA) is 29.0 Å². The maximum absolute atomic E-state index is 4.67. The molecule has 1 aliphatic rings. The van der Waals surface area contributed by atoms with E-state index in [0.717, 1.165) is 28.8 Å². The predicted molar refractivity (Wildman–Crippen MR) is 94.1 cm³/mol. The molecule has 0 aliphatic carbocycles. The molecule has 1 saturated heterocycles. The Hall–Kier alpha value is -2.26. The number of aromatic nitrogens is 2. The summed E-state index contributed by atoms with van der Waals surface area (Å²) in [5.74, 6) is 0. The van der Waals surface area contributed by atoms with Gasteiger partial charge in [0.05, 0.1) is 5.69 Å². The third-order valence-corrected chi connectivity index (χ3v) is 4.79. The third kappa shape index (κ3) is 2.97. The second-order valence-electron chi connectivity index (χ2n) is 6.41. The normalized spacial score (nSPS) is 18.6. The quantitative estimate of drug-likeness (QED) is 0.723. The molecule has 0 amide bonds. The van der Waals surface area contributed by atoms with Crippen LogP contribution in [0, 0.1) is 0 Å². The van der Waals surface area contributed by atoms with Crippen LogP contribution in [-0.2, 0) is 6.54 Å².